The lowest BCUT2D eigenvalue weighted by Crippen LogP contribution is -2.47. The average Bonchev–Trinajstić information content (AvgIpc) is 3.26. The first-order chi connectivity index (χ1) is 13.5. The van der Waals surface area contributed by atoms with Gasteiger partial charge in [0.15, 0.2) is 0 Å². The number of pyridine rings is 1. The predicted molar refractivity (Wildman–Crippen MR) is 112 cm³/mol. The van der Waals surface area contributed by atoms with Crippen molar-refractivity contribution in [1.82, 2.24) is 14.8 Å². The molecule has 2 aliphatic heterocycles. The molecule has 2 saturated heterocycles. The second kappa shape index (κ2) is 10.1. The molecule has 1 atom stereocenters. The van der Waals surface area contributed by atoms with Crippen LogP contribution in [0, 0.1) is 0 Å². The predicted octanol–water partition coefficient (Wildman–Crippen LogP) is 0.333. The van der Waals surface area contributed by atoms with E-state index in [4.69, 9.17) is 11.5 Å². The van der Waals surface area contributed by atoms with Crippen molar-refractivity contribution in [2.75, 3.05) is 55.8 Å². The molecule has 2 aliphatic rings. The number of aromatic nitrogens is 1. The molecule has 1 aromatic heterocycles. The summed E-state index contributed by atoms with van der Waals surface area (Å²) in [4.78, 5) is 34.2. The molecule has 0 radical (unpaired) electrons. The molecule has 154 valence electrons. The molecule has 3 heterocycles. The van der Waals surface area contributed by atoms with Gasteiger partial charge in [-0.25, -0.2) is 4.98 Å². The molecule has 1 aromatic rings. The molecule has 1 unspecified atom stereocenters. The van der Waals surface area contributed by atoms with Crippen LogP contribution in [-0.2, 0) is 4.79 Å². The van der Waals surface area contributed by atoms with E-state index in [0.29, 0.717) is 5.56 Å². The minimum Gasteiger partial charge on any atom is -0.366 e. The van der Waals surface area contributed by atoms with Crippen LogP contribution in [0.4, 0.5) is 5.82 Å². The highest BCUT2D eigenvalue weighted by Gasteiger charge is 2.24. The van der Waals surface area contributed by atoms with Crippen molar-refractivity contribution in [3.8, 4) is 0 Å². The van der Waals surface area contributed by atoms with Gasteiger partial charge >= 0.3 is 0 Å². The molecule has 0 saturated carbocycles. The Balaban J connectivity index is 1.32. The maximum Gasteiger partial charge on any atom is 0.250 e. The fourth-order valence-corrected chi connectivity index (χ4v) is 4.52. The number of hydrogen-bond acceptors (Lipinski definition) is 7. The zero-order valence-corrected chi connectivity index (χ0v) is 17.1. The first-order valence-corrected chi connectivity index (χ1v) is 11.1. The summed E-state index contributed by atoms with van der Waals surface area (Å²) in [6.07, 6.45) is 4.33. The van der Waals surface area contributed by atoms with Gasteiger partial charge in [-0.3, -0.25) is 14.5 Å². The van der Waals surface area contributed by atoms with Crippen LogP contribution in [0.3, 0.4) is 0 Å². The molecule has 0 aliphatic carbocycles. The molecule has 4 N–H and O–H groups in total. The molecule has 0 spiro atoms. The van der Waals surface area contributed by atoms with Gasteiger partial charge in [0.25, 0.3) is 0 Å². The third-order valence-corrected chi connectivity index (χ3v) is 6.32. The summed E-state index contributed by atoms with van der Waals surface area (Å²) in [5, 5.41) is 0. The van der Waals surface area contributed by atoms with Crippen LogP contribution in [0.15, 0.2) is 18.3 Å². The van der Waals surface area contributed by atoms with Gasteiger partial charge in [0.05, 0.1) is 17.5 Å². The number of anilines is 1. The molecule has 9 heteroatoms. The Bertz CT molecular complexity index is 657. The highest BCUT2D eigenvalue weighted by Crippen LogP contribution is 2.16. The fraction of sp³-hybridized carbons (Fsp3) is 0.632. The van der Waals surface area contributed by atoms with Crippen molar-refractivity contribution in [2.24, 2.45) is 11.5 Å². The molecule has 0 aromatic carbocycles. The third-order valence-electron chi connectivity index (χ3n) is 5.35. The monoisotopic (exact) mass is 406 g/mol. The van der Waals surface area contributed by atoms with Crippen molar-refractivity contribution in [3.05, 3.63) is 23.9 Å². The minimum absolute atomic E-state index is 0.105. The SMILES string of the molecule is NC(=O)c1ccc(N2CCN(CCCCC(N)C(=O)N3CCSC3)CC2)nc1. The summed E-state index contributed by atoms with van der Waals surface area (Å²) in [5.74, 6) is 2.35. The Morgan fingerprint density at radius 2 is 1.93 bits per heavy atom. The maximum atomic E-state index is 12.2. The minimum atomic E-state index is -0.454. The summed E-state index contributed by atoms with van der Waals surface area (Å²) in [7, 11) is 0. The van der Waals surface area contributed by atoms with Crippen LogP contribution in [-0.4, -0.2) is 83.5 Å². The zero-order chi connectivity index (χ0) is 19.9. The second-order valence-electron chi connectivity index (χ2n) is 7.34. The van der Waals surface area contributed by atoms with Gasteiger partial charge in [-0.1, -0.05) is 6.42 Å². The number of piperazine rings is 1. The van der Waals surface area contributed by atoms with Gasteiger partial charge in [-0.15, -0.1) is 11.8 Å². The van der Waals surface area contributed by atoms with Crippen LogP contribution in [0.1, 0.15) is 29.6 Å². The number of rotatable bonds is 8. The second-order valence-corrected chi connectivity index (χ2v) is 8.41. The van der Waals surface area contributed by atoms with Gasteiger partial charge in [-0.2, -0.15) is 0 Å². The first-order valence-electron chi connectivity index (χ1n) is 9.90. The normalized spacial score (nSPS) is 19.0. The molecule has 8 nitrogen and oxygen atoms in total. The third kappa shape index (κ3) is 5.59. The first kappa shape index (κ1) is 20.9. The summed E-state index contributed by atoms with van der Waals surface area (Å²) >= 11 is 1.79. The van der Waals surface area contributed by atoms with Crippen molar-refractivity contribution >= 4 is 29.4 Å². The van der Waals surface area contributed by atoms with Crippen molar-refractivity contribution in [3.63, 3.8) is 0 Å². The van der Waals surface area contributed by atoms with Gasteiger partial charge in [0.2, 0.25) is 11.8 Å². The Labute approximate surface area is 170 Å². The number of nitrogens with zero attached hydrogens (tertiary/aromatic N) is 4. The van der Waals surface area contributed by atoms with E-state index in [1.54, 1.807) is 17.8 Å². The van der Waals surface area contributed by atoms with E-state index in [0.717, 1.165) is 76.0 Å². The van der Waals surface area contributed by atoms with Crippen molar-refractivity contribution < 1.29 is 9.59 Å². The summed E-state index contributed by atoms with van der Waals surface area (Å²) in [6, 6.07) is 3.22. The lowest BCUT2D eigenvalue weighted by atomic mass is 10.1. The Kier molecular flexibility index (Phi) is 7.52. The number of hydrogen-bond donors (Lipinski definition) is 2. The highest BCUT2D eigenvalue weighted by molar-refractivity contribution is 7.99. The van der Waals surface area contributed by atoms with Crippen LogP contribution in [0.2, 0.25) is 0 Å². The summed E-state index contributed by atoms with van der Waals surface area (Å²) in [6.45, 7) is 5.65. The fourth-order valence-electron chi connectivity index (χ4n) is 3.56. The van der Waals surface area contributed by atoms with Gasteiger partial charge in [-0.05, 0) is 31.5 Å². The number of nitrogens with two attached hydrogens (primary N) is 2. The van der Waals surface area contributed by atoms with Crippen LogP contribution < -0.4 is 16.4 Å². The number of carbonyl (C=O) groups is 2. The standard InChI is InChI=1S/C19H30N6O2S/c20-16(19(27)25-11-12-28-14-25)3-1-2-6-23-7-9-24(10-8-23)17-5-4-15(13-22-17)18(21)26/h4-5,13,16H,1-3,6-12,14,20H2,(H2,21,26). The number of primary amides is 1. The maximum absolute atomic E-state index is 12.2. The quantitative estimate of drug-likeness (QED) is 0.599. The smallest absolute Gasteiger partial charge is 0.250 e. The van der Waals surface area contributed by atoms with E-state index in [-0.39, 0.29) is 11.9 Å². The largest absolute Gasteiger partial charge is 0.366 e. The van der Waals surface area contributed by atoms with Gasteiger partial charge in [0.1, 0.15) is 5.82 Å². The highest BCUT2D eigenvalue weighted by atomic mass is 32.2. The van der Waals surface area contributed by atoms with E-state index in [1.807, 2.05) is 11.0 Å². The molecule has 28 heavy (non-hydrogen) atoms. The summed E-state index contributed by atoms with van der Waals surface area (Å²) < 4.78 is 0. The zero-order valence-electron chi connectivity index (χ0n) is 16.3. The molecule has 0 bridgehead atoms. The van der Waals surface area contributed by atoms with E-state index in [2.05, 4.69) is 14.8 Å². The number of carbonyl (C=O) groups excluding carboxylic acids is 2. The van der Waals surface area contributed by atoms with Crippen LogP contribution >= 0.6 is 11.8 Å². The Hall–Kier alpha value is -1.84. The van der Waals surface area contributed by atoms with E-state index < -0.39 is 5.91 Å². The lowest BCUT2D eigenvalue weighted by Gasteiger charge is -2.35. The molecular weight excluding hydrogens is 376 g/mol. The molecule has 2 fully saturated rings. The van der Waals surface area contributed by atoms with Gasteiger partial charge < -0.3 is 21.3 Å². The average molecular weight is 407 g/mol. The topological polar surface area (TPSA) is 109 Å². The molecule has 2 amide bonds. The number of unbranched alkanes of at least 4 members (excludes halogenated alkanes) is 1. The molecular formula is C19H30N6O2S. The van der Waals surface area contributed by atoms with Crippen molar-refractivity contribution in [2.45, 2.75) is 25.3 Å². The summed E-state index contributed by atoms with van der Waals surface area (Å²) in [5.41, 5.74) is 11.8. The number of amides is 2. The van der Waals surface area contributed by atoms with E-state index in [9.17, 15) is 9.59 Å². The van der Waals surface area contributed by atoms with Crippen LogP contribution in [0.25, 0.3) is 0 Å². The van der Waals surface area contributed by atoms with Crippen LogP contribution in [0.5, 0.6) is 0 Å². The number of thioether (sulfide) groups is 1. The molecule has 3 rings (SSSR count). The van der Waals surface area contributed by atoms with Gasteiger partial charge in [0, 0.05) is 44.7 Å². The van der Waals surface area contributed by atoms with E-state index >= 15 is 0 Å². The Morgan fingerprint density at radius 1 is 1.14 bits per heavy atom. The van der Waals surface area contributed by atoms with E-state index in [1.165, 1.54) is 6.20 Å². The Morgan fingerprint density at radius 3 is 2.54 bits per heavy atom. The lowest BCUT2D eigenvalue weighted by molar-refractivity contribution is -0.131. The van der Waals surface area contributed by atoms with Crippen molar-refractivity contribution in [1.29, 1.82) is 0 Å².